The summed E-state index contributed by atoms with van der Waals surface area (Å²) in [5.74, 6) is -0.492. The van der Waals surface area contributed by atoms with E-state index in [1.165, 1.54) is 12.8 Å². The summed E-state index contributed by atoms with van der Waals surface area (Å²) < 4.78 is 5.34. The van der Waals surface area contributed by atoms with Crippen LogP contribution in [-0.2, 0) is 25.5 Å². The van der Waals surface area contributed by atoms with Gasteiger partial charge in [-0.3, -0.25) is 19.4 Å². The maximum atomic E-state index is 14.9. The predicted molar refractivity (Wildman–Crippen MR) is 181 cm³/mol. The number of aliphatic hydroxyl groups excluding tert-OH is 2. The summed E-state index contributed by atoms with van der Waals surface area (Å²) in [5.41, 5.74) is 0.852. The van der Waals surface area contributed by atoms with E-state index in [0.717, 1.165) is 56.9 Å². The minimum absolute atomic E-state index is 0.0773. The number of pyridine rings is 1. The van der Waals surface area contributed by atoms with Gasteiger partial charge in [0.1, 0.15) is 6.10 Å². The van der Waals surface area contributed by atoms with Gasteiger partial charge in [-0.05, 0) is 61.5 Å². The van der Waals surface area contributed by atoms with E-state index in [1.54, 1.807) is 17.3 Å². The van der Waals surface area contributed by atoms with Crippen molar-refractivity contribution in [3.8, 4) is 0 Å². The van der Waals surface area contributed by atoms with Crippen LogP contribution in [0.1, 0.15) is 103 Å². The monoisotopic (exact) mass is 656 g/mol. The van der Waals surface area contributed by atoms with Crippen LogP contribution in [0.15, 0.2) is 24.5 Å². The molecular weight excluding hydrogens is 596 g/mol. The van der Waals surface area contributed by atoms with E-state index in [4.69, 9.17) is 4.74 Å². The van der Waals surface area contributed by atoms with Gasteiger partial charge in [0, 0.05) is 38.4 Å². The summed E-state index contributed by atoms with van der Waals surface area (Å²) in [5, 5.41) is 25.9. The summed E-state index contributed by atoms with van der Waals surface area (Å²) >= 11 is 0. The van der Waals surface area contributed by atoms with Crippen LogP contribution in [0.2, 0.25) is 0 Å². The van der Waals surface area contributed by atoms with E-state index in [1.807, 2.05) is 30.9 Å². The maximum absolute atomic E-state index is 14.9. The molecule has 1 aromatic heterocycles. The molecule has 2 aliphatic carbocycles. The Labute approximate surface area is 282 Å². The van der Waals surface area contributed by atoms with Crippen molar-refractivity contribution in [2.45, 2.75) is 122 Å². The first-order valence-corrected chi connectivity index (χ1v) is 18.4. The largest absolute Gasteiger partial charge is 0.390 e. The lowest BCUT2D eigenvalue weighted by molar-refractivity contribution is -0.147. The number of carbonyl (C=O) groups excluding carboxylic acids is 3. The molecule has 2 heterocycles. The molecule has 10 nitrogen and oxygen atoms in total. The normalized spacial score (nSPS) is 20.7. The third-order valence-corrected chi connectivity index (χ3v) is 10.5. The zero-order valence-corrected chi connectivity index (χ0v) is 28.9. The maximum Gasteiger partial charge on any atom is 0.242 e. The Morgan fingerprint density at radius 2 is 1.66 bits per heavy atom. The minimum Gasteiger partial charge on any atom is -0.390 e. The standard InChI is InChI=1S/C37H60N4O6/c1-27(2)20-33(42)36(45)32(22-28-10-5-3-6-11-28)41(26-29-12-7-4-8-13-29)37(46)31(21-30-14-9-15-38-24-30)23-34(43)39-25-35(44)40-16-18-47-19-17-40/h9,14-15,24,27-29,31-33,36,42,45H,3-8,10-13,16-23,25-26H2,1-2H3,(H,39,43)/t31-,32+,33+,36-/m1/s1. The molecule has 1 aliphatic heterocycles. The molecule has 3 amide bonds. The van der Waals surface area contributed by atoms with Gasteiger partial charge in [-0.2, -0.15) is 0 Å². The zero-order chi connectivity index (χ0) is 33.6. The van der Waals surface area contributed by atoms with Crippen molar-refractivity contribution < 1.29 is 29.3 Å². The van der Waals surface area contributed by atoms with Gasteiger partial charge in [-0.25, -0.2) is 0 Å². The minimum atomic E-state index is -1.08. The van der Waals surface area contributed by atoms with Crippen molar-refractivity contribution in [2.75, 3.05) is 39.4 Å². The van der Waals surface area contributed by atoms with E-state index in [-0.39, 0.29) is 36.6 Å². The van der Waals surface area contributed by atoms with E-state index >= 15 is 0 Å². The first-order chi connectivity index (χ1) is 22.7. The summed E-state index contributed by atoms with van der Waals surface area (Å²) in [6, 6.07) is 3.21. The first-order valence-electron chi connectivity index (χ1n) is 18.4. The molecule has 0 radical (unpaired) electrons. The number of rotatable bonds is 16. The fourth-order valence-corrected chi connectivity index (χ4v) is 7.81. The van der Waals surface area contributed by atoms with Crippen LogP contribution < -0.4 is 5.32 Å². The van der Waals surface area contributed by atoms with Gasteiger partial charge in [0.15, 0.2) is 0 Å². The average molecular weight is 657 g/mol. The molecule has 3 fully saturated rings. The Morgan fingerprint density at radius 1 is 1.00 bits per heavy atom. The molecule has 4 atom stereocenters. The van der Waals surface area contributed by atoms with Gasteiger partial charge in [-0.15, -0.1) is 0 Å². The molecule has 47 heavy (non-hydrogen) atoms. The second-order valence-corrected chi connectivity index (χ2v) is 14.7. The second kappa shape index (κ2) is 19.4. The summed E-state index contributed by atoms with van der Waals surface area (Å²) in [6.45, 7) is 6.43. The number of amides is 3. The Balaban J connectivity index is 1.60. The second-order valence-electron chi connectivity index (χ2n) is 14.7. The van der Waals surface area contributed by atoms with Crippen molar-refractivity contribution in [1.82, 2.24) is 20.1 Å². The molecule has 2 saturated carbocycles. The third-order valence-electron chi connectivity index (χ3n) is 10.5. The fraction of sp³-hybridized carbons (Fsp3) is 0.784. The first kappa shape index (κ1) is 37.3. The average Bonchev–Trinajstić information content (AvgIpc) is 3.09. The highest BCUT2D eigenvalue weighted by Crippen LogP contribution is 2.34. The highest BCUT2D eigenvalue weighted by atomic mass is 16.5. The Morgan fingerprint density at radius 3 is 2.28 bits per heavy atom. The van der Waals surface area contributed by atoms with Crippen molar-refractivity contribution in [3.05, 3.63) is 30.1 Å². The van der Waals surface area contributed by atoms with Crippen LogP contribution >= 0.6 is 0 Å². The van der Waals surface area contributed by atoms with Crippen molar-refractivity contribution in [3.63, 3.8) is 0 Å². The number of morpholine rings is 1. The van der Waals surface area contributed by atoms with Gasteiger partial charge in [0.2, 0.25) is 17.7 Å². The third kappa shape index (κ3) is 12.1. The Hall–Kier alpha value is -2.56. The molecule has 0 spiro atoms. The number of carbonyl (C=O) groups is 3. The van der Waals surface area contributed by atoms with E-state index in [0.29, 0.717) is 63.9 Å². The quantitative estimate of drug-likeness (QED) is 0.244. The number of hydrogen-bond donors (Lipinski definition) is 3. The summed E-state index contributed by atoms with van der Waals surface area (Å²) in [4.78, 5) is 48.9. The van der Waals surface area contributed by atoms with Crippen molar-refractivity contribution in [2.24, 2.45) is 23.7 Å². The SMILES string of the molecule is CC(C)C[C@H](O)[C@H](O)[C@H](CC1CCCCC1)N(CC1CCCCC1)C(=O)[C@@H](CC(=O)NCC(=O)N1CCOCC1)Cc1cccnc1. The number of hydrogen-bond acceptors (Lipinski definition) is 7. The molecule has 3 aliphatic rings. The number of aliphatic hydroxyl groups is 2. The van der Waals surface area contributed by atoms with Gasteiger partial charge >= 0.3 is 0 Å². The highest BCUT2D eigenvalue weighted by molar-refractivity contribution is 5.89. The Kier molecular flexibility index (Phi) is 15.4. The number of nitrogens with one attached hydrogen (secondary N) is 1. The molecule has 3 N–H and O–H groups in total. The smallest absolute Gasteiger partial charge is 0.242 e. The molecule has 0 aromatic carbocycles. The van der Waals surface area contributed by atoms with Crippen LogP contribution in [0.3, 0.4) is 0 Å². The topological polar surface area (TPSA) is 132 Å². The van der Waals surface area contributed by atoms with Crippen LogP contribution in [0.25, 0.3) is 0 Å². The van der Waals surface area contributed by atoms with Gasteiger partial charge < -0.3 is 30.1 Å². The van der Waals surface area contributed by atoms with Gasteiger partial charge in [0.05, 0.1) is 37.8 Å². The lowest BCUT2D eigenvalue weighted by atomic mass is 9.80. The predicted octanol–water partition coefficient (Wildman–Crippen LogP) is 4.12. The van der Waals surface area contributed by atoms with E-state index < -0.39 is 24.2 Å². The van der Waals surface area contributed by atoms with Gasteiger partial charge in [0.25, 0.3) is 0 Å². The fourth-order valence-electron chi connectivity index (χ4n) is 7.81. The zero-order valence-electron chi connectivity index (χ0n) is 28.9. The van der Waals surface area contributed by atoms with Crippen molar-refractivity contribution in [1.29, 1.82) is 0 Å². The molecule has 1 aromatic rings. The van der Waals surface area contributed by atoms with Crippen molar-refractivity contribution >= 4 is 17.7 Å². The Bertz CT molecular complexity index is 1090. The number of nitrogens with zero attached hydrogens (tertiary/aromatic N) is 3. The van der Waals surface area contributed by atoms with Gasteiger partial charge in [-0.1, -0.05) is 71.3 Å². The number of aromatic nitrogens is 1. The molecule has 1 saturated heterocycles. The van der Waals surface area contributed by atoms with Crippen LogP contribution in [0.4, 0.5) is 0 Å². The molecule has 264 valence electrons. The molecule has 10 heteroatoms. The molecular formula is C37H60N4O6. The highest BCUT2D eigenvalue weighted by Gasteiger charge is 2.40. The van der Waals surface area contributed by atoms with Crippen LogP contribution in [0.5, 0.6) is 0 Å². The summed E-state index contributed by atoms with van der Waals surface area (Å²) in [6.07, 6.45) is 13.9. The van der Waals surface area contributed by atoms with E-state index in [9.17, 15) is 24.6 Å². The summed E-state index contributed by atoms with van der Waals surface area (Å²) in [7, 11) is 0. The van der Waals surface area contributed by atoms with Crippen LogP contribution in [0, 0.1) is 23.7 Å². The lowest BCUT2D eigenvalue weighted by Crippen LogP contribution is -2.55. The molecule has 0 unspecified atom stereocenters. The molecule has 0 bridgehead atoms. The van der Waals surface area contributed by atoms with E-state index in [2.05, 4.69) is 10.3 Å². The lowest BCUT2D eigenvalue weighted by Gasteiger charge is -2.43. The molecule has 4 rings (SSSR count). The number of ether oxygens (including phenoxy) is 1. The van der Waals surface area contributed by atoms with Crippen LogP contribution in [-0.4, -0.2) is 100 Å².